The summed E-state index contributed by atoms with van der Waals surface area (Å²) in [7, 11) is 1.38. The predicted molar refractivity (Wildman–Crippen MR) is 253 cm³/mol. The fraction of sp³-hybridized carbons (Fsp3) is 0.600. The minimum absolute atomic E-state index is 0.00353. The number of rotatable bonds is 39. The van der Waals surface area contributed by atoms with Crippen LogP contribution in [0.4, 0.5) is 0 Å². The third-order valence-corrected chi connectivity index (χ3v) is 9.93. The number of esters is 2. The number of aliphatic hydroxyl groups excluding tert-OH is 1. The standard InChI is InChI=1S/C50H82NO9P/c1-6-8-9-10-11-12-13-14-15-16-17-18-19-24-27-30-33-36-39-42-50(54)60-48(46-59-61(55,56)58-44-43-51(3,4)5)45-57-49(53)41-38-35-32-29-26-23-21-20-22-25-28-31-34-37-40-47(52)7-2/h11-12,14-15,17-18,21-25,27,29,31-32,34,37,40,47-48,52H,6-10,13,16,19-20,26,28,30,33,35-36,38-39,41-46H2,1-5H3/p+1/b12-11-,15-14-,18-17-,23-21-,25-22-,27-24-,32-29-,34-31-,40-37+/t47-,48+/m0/s1. The van der Waals surface area contributed by atoms with Gasteiger partial charge in [-0.1, -0.05) is 142 Å². The second-order valence-corrected chi connectivity index (χ2v) is 17.3. The molecule has 0 radical (unpaired) electrons. The molecule has 0 amide bonds. The summed E-state index contributed by atoms with van der Waals surface area (Å²) in [5.41, 5.74) is 0. The summed E-state index contributed by atoms with van der Waals surface area (Å²) in [6.07, 6.45) is 52.4. The topological polar surface area (TPSA) is 129 Å². The Bertz CT molecular complexity index is 1420. The highest BCUT2D eigenvalue weighted by Crippen LogP contribution is 2.43. The maximum absolute atomic E-state index is 12.7. The number of carbonyl (C=O) groups is 2. The number of likely N-dealkylation sites (N-methyl/N-ethyl adjacent to an activating group) is 1. The van der Waals surface area contributed by atoms with Crippen molar-refractivity contribution in [3.63, 3.8) is 0 Å². The van der Waals surface area contributed by atoms with Gasteiger partial charge in [-0.2, -0.15) is 0 Å². The van der Waals surface area contributed by atoms with E-state index in [1.807, 2.05) is 52.4 Å². The summed E-state index contributed by atoms with van der Waals surface area (Å²) >= 11 is 0. The molecule has 0 aliphatic rings. The number of phosphoric ester groups is 1. The minimum atomic E-state index is -4.41. The van der Waals surface area contributed by atoms with Crippen molar-refractivity contribution < 1.29 is 47.2 Å². The maximum atomic E-state index is 12.7. The van der Waals surface area contributed by atoms with E-state index in [-0.39, 0.29) is 32.2 Å². The average Bonchev–Trinajstić information content (AvgIpc) is 3.21. The van der Waals surface area contributed by atoms with E-state index in [1.165, 1.54) is 25.7 Å². The van der Waals surface area contributed by atoms with Gasteiger partial charge in [0.2, 0.25) is 0 Å². The van der Waals surface area contributed by atoms with Crippen molar-refractivity contribution in [3.8, 4) is 0 Å². The first kappa shape index (κ1) is 57.6. The van der Waals surface area contributed by atoms with Gasteiger partial charge in [0.1, 0.15) is 19.8 Å². The fourth-order valence-corrected chi connectivity index (χ4v) is 5.96. The smallest absolute Gasteiger partial charge is 0.462 e. The molecule has 2 N–H and O–H groups in total. The van der Waals surface area contributed by atoms with Gasteiger partial charge in [-0.25, -0.2) is 4.57 Å². The molecular weight excluding hydrogens is 790 g/mol. The van der Waals surface area contributed by atoms with Crippen molar-refractivity contribution in [2.24, 2.45) is 0 Å². The minimum Gasteiger partial charge on any atom is -0.462 e. The summed E-state index contributed by atoms with van der Waals surface area (Å²) in [6.45, 7) is 3.92. The Labute approximate surface area is 370 Å². The van der Waals surface area contributed by atoms with Gasteiger partial charge in [0.15, 0.2) is 6.10 Å². The Morgan fingerprint density at radius 2 is 1.08 bits per heavy atom. The number of phosphoric acid groups is 1. The third-order valence-electron chi connectivity index (χ3n) is 8.94. The van der Waals surface area contributed by atoms with E-state index in [2.05, 4.69) is 85.9 Å². The first-order valence-electron chi connectivity index (χ1n) is 22.7. The van der Waals surface area contributed by atoms with E-state index in [9.17, 15) is 24.2 Å². The van der Waals surface area contributed by atoms with E-state index >= 15 is 0 Å². The Morgan fingerprint density at radius 3 is 1.61 bits per heavy atom. The lowest BCUT2D eigenvalue weighted by atomic mass is 10.1. The Hall–Kier alpha value is -3.37. The monoisotopic (exact) mass is 873 g/mol. The predicted octanol–water partition coefficient (Wildman–Crippen LogP) is 12.1. The second-order valence-electron chi connectivity index (χ2n) is 15.9. The number of ether oxygens (including phenoxy) is 2. The molecule has 0 bridgehead atoms. The number of carbonyl (C=O) groups excluding carboxylic acids is 2. The fourth-order valence-electron chi connectivity index (χ4n) is 5.22. The molecule has 0 saturated carbocycles. The summed E-state index contributed by atoms with van der Waals surface area (Å²) in [5.74, 6) is -0.935. The van der Waals surface area contributed by atoms with E-state index in [4.69, 9.17) is 18.5 Å². The van der Waals surface area contributed by atoms with E-state index in [0.29, 0.717) is 36.7 Å². The van der Waals surface area contributed by atoms with Gasteiger partial charge in [-0.3, -0.25) is 18.6 Å². The number of quaternary nitrogens is 1. The molecule has 1 unspecified atom stereocenters. The lowest BCUT2D eigenvalue weighted by Crippen LogP contribution is -2.37. The molecule has 0 aromatic heterocycles. The van der Waals surface area contributed by atoms with Gasteiger partial charge in [-0.05, 0) is 89.9 Å². The van der Waals surface area contributed by atoms with Gasteiger partial charge in [0, 0.05) is 12.8 Å². The molecule has 0 aliphatic heterocycles. The van der Waals surface area contributed by atoms with Crippen LogP contribution in [0.3, 0.4) is 0 Å². The molecule has 346 valence electrons. The first-order chi connectivity index (χ1) is 29.4. The average molecular weight is 873 g/mol. The number of allylic oxidation sites excluding steroid dienone is 17. The van der Waals surface area contributed by atoms with Crippen LogP contribution in [0.5, 0.6) is 0 Å². The largest absolute Gasteiger partial charge is 0.472 e. The molecule has 0 aromatic rings. The summed E-state index contributed by atoms with van der Waals surface area (Å²) in [5, 5.41) is 9.48. The van der Waals surface area contributed by atoms with E-state index in [0.717, 1.165) is 57.8 Å². The number of aliphatic hydroxyl groups is 1. The van der Waals surface area contributed by atoms with Crippen LogP contribution in [0.25, 0.3) is 0 Å². The van der Waals surface area contributed by atoms with Gasteiger partial charge in [0.05, 0.1) is 33.9 Å². The van der Waals surface area contributed by atoms with Gasteiger partial charge >= 0.3 is 19.8 Å². The number of hydrogen-bond donors (Lipinski definition) is 2. The molecule has 3 atom stereocenters. The normalized spacial score (nSPS) is 15.1. The van der Waals surface area contributed by atoms with Crippen LogP contribution in [0.15, 0.2) is 109 Å². The molecule has 0 saturated heterocycles. The van der Waals surface area contributed by atoms with E-state index in [1.54, 1.807) is 6.08 Å². The maximum Gasteiger partial charge on any atom is 0.472 e. The third kappa shape index (κ3) is 44.5. The van der Waals surface area contributed by atoms with Crippen LogP contribution < -0.4 is 0 Å². The van der Waals surface area contributed by atoms with Gasteiger partial charge in [0.25, 0.3) is 0 Å². The molecule has 61 heavy (non-hydrogen) atoms. The Morgan fingerprint density at radius 1 is 0.590 bits per heavy atom. The zero-order valence-electron chi connectivity index (χ0n) is 38.5. The Kier molecular flexibility index (Phi) is 38.4. The highest BCUT2D eigenvalue weighted by molar-refractivity contribution is 7.47. The quantitative estimate of drug-likeness (QED) is 0.0155. The molecular formula is C50H83NO9P+. The Balaban J connectivity index is 4.55. The van der Waals surface area contributed by atoms with Crippen LogP contribution in [0, 0.1) is 0 Å². The van der Waals surface area contributed by atoms with Crippen LogP contribution in [0.2, 0.25) is 0 Å². The molecule has 10 nitrogen and oxygen atoms in total. The van der Waals surface area contributed by atoms with E-state index < -0.39 is 32.5 Å². The lowest BCUT2D eigenvalue weighted by Gasteiger charge is -2.24. The second kappa shape index (κ2) is 40.7. The molecule has 11 heteroatoms. The van der Waals surface area contributed by atoms with Crippen molar-refractivity contribution in [1.29, 1.82) is 0 Å². The highest BCUT2D eigenvalue weighted by atomic mass is 31.2. The zero-order valence-corrected chi connectivity index (χ0v) is 39.4. The zero-order chi connectivity index (χ0) is 45.1. The van der Waals surface area contributed by atoms with Gasteiger partial charge in [-0.15, -0.1) is 0 Å². The number of nitrogens with zero attached hydrogens (tertiary/aromatic N) is 1. The number of hydrogen-bond acceptors (Lipinski definition) is 8. The van der Waals surface area contributed by atoms with Crippen LogP contribution >= 0.6 is 7.82 Å². The molecule has 0 aliphatic carbocycles. The summed E-state index contributed by atoms with van der Waals surface area (Å²) < 4.78 is 34.2. The first-order valence-corrected chi connectivity index (χ1v) is 24.2. The molecule has 0 heterocycles. The van der Waals surface area contributed by atoms with Crippen molar-refractivity contribution >= 4 is 19.8 Å². The van der Waals surface area contributed by atoms with Crippen molar-refractivity contribution in [3.05, 3.63) is 109 Å². The molecule has 0 spiro atoms. The van der Waals surface area contributed by atoms with Crippen molar-refractivity contribution in [2.45, 2.75) is 148 Å². The van der Waals surface area contributed by atoms with Crippen LogP contribution in [-0.2, 0) is 32.7 Å². The number of unbranched alkanes of at least 4 members (excludes halogenated alkanes) is 7. The molecule has 0 fully saturated rings. The summed E-state index contributed by atoms with van der Waals surface area (Å²) in [4.78, 5) is 35.4. The molecule has 0 aromatic carbocycles. The van der Waals surface area contributed by atoms with Crippen LogP contribution in [-0.4, -0.2) is 86.1 Å². The summed E-state index contributed by atoms with van der Waals surface area (Å²) in [6, 6.07) is 0. The molecule has 0 rings (SSSR count). The van der Waals surface area contributed by atoms with Crippen molar-refractivity contribution in [1.82, 2.24) is 0 Å². The SMILES string of the molecule is CCCCC/C=C\C/C=C\C/C=C\C/C=C\CCCCCC(=O)O[C@H](COC(=O)CCC/C=C\C/C=C\C/C=C\C/C=C\C=C\[C@@H](O)CC)COP(=O)(O)OCC[N+](C)(C)C. The van der Waals surface area contributed by atoms with Crippen LogP contribution in [0.1, 0.15) is 136 Å². The van der Waals surface area contributed by atoms with Crippen molar-refractivity contribution in [2.75, 3.05) is 47.5 Å². The highest BCUT2D eigenvalue weighted by Gasteiger charge is 2.27. The lowest BCUT2D eigenvalue weighted by molar-refractivity contribution is -0.870. The van der Waals surface area contributed by atoms with Gasteiger partial charge < -0.3 is 24.0 Å².